The molecule has 0 spiro atoms. The van der Waals surface area contributed by atoms with Crippen molar-refractivity contribution in [2.45, 2.75) is 71.9 Å². The molecule has 1 fully saturated rings. The number of aromatic nitrogens is 4. The van der Waals surface area contributed by atoms with E-state index in [9.17, 15) is 4.79 Å². The SMILES string of the molecule is Cc1nc2cc([C@@H]3CCN(Cc4ccccn4)C3)nn2c(C)c1CCC(=O)NC(C)(C)C. The van der Waals surface area contributed by atoms with Crippen molar-refractivity contribution in [3.05, 3.63) is 58.8 Å². The Balaban J connectivity index is 1.47. The number of likely N-dealkylation sites (tertiary alicyclic amines) is 1. The number of nitrogens with zero attached hydrogens (tertiary/aromatic N) is 5. The van der Waals surface area contributed by atoms with Crippen LogP contribution >= 0.6 is 0 Å². The molecule has 4 rings (SSSR count). The van der Waals surface area contributed by atoms with E-state index >= 15 is 0 Å². The summed E-state index contributed by atoms with van der Waals surface area (Å²) in [5.74, 6) is 0.470. The molecule has 1 saturated heterocycles. The van der Waals surface area contributed by atoms with Gasteiger partial charge in [0.05, 0.1) is 11.4 Å². The predicted molar refractivity (Wildman–Crippen MR) is 126 cm³/mol. The van der Waals surface area contributed by atoms with E-state index < -0.39 is 0 Å². The lowest BCUT2D eigenvalue weighted by Crippen LogP contribution is -2.40. The van der Waals surface area contributed by atoms with Gasteiger partial charge in [0.25, 0.3) is 0 Å². The minimum atomic E-state index is -0.216. The first kappa shape index (κ1) is 22.4. The number of nitrogens with one attached hydrogen (secondary N) is 1. The minimum Gasteiger partial charge on any atom is -0.351 e. The van der Waals surface area contributed by atoms with Gasteiger partial charge in [-0.15, -0.1) is 0 Å². The summed E-state index contributed by atoms with van der Waals surface area (Å²) < 4.78 is 1.96. The first-order valence-corrected chi connectivity index (χ1v) is 11.5. The van der Waals surface area contributed by atoms with Crippen LogP contribution in [0.3, 0.4) is 0 Å². The fraction of sp³-hybridized carbons (Fsp3) is 0.520. The van der Waals surface area contributed by atoms with E-state index in [4.69, 9.17) is 10.1 Å². The third-order valence-corrected chi connectivity index (χ3v) is 6.10. The zero-order valence-corrected chi connectivity index (χ0v) is 19.9. The van der Waals surface area contributed by atoms with Crippen LogP contribution in [0.25, 0.3) is 5.65 Å². The molecule has 1 aliphatic heterocycles. The van der Waals surface area contributed by atoms with Gasteiger partial charge in [-0.2, -0.15) is 5.10 Å². The van der Waals surface area contributed by atoms with Gasteiger partial charge < -0.3 is 5.32 Å². The molecule has 0 radical (unpaired) electrons. The molecular formula is C25H34N6O. The second-order valence-electron chi connectivity index (χ2n) is 9.94. The quantitative estimate of drug-likeness (QED) is 0.642. The maximum atomic E-state index is 12.3. The molecule has 7 heteroatoms. The van der Waals surface area contributed by atoms with E-state index in [1.807, 2.05) is 50.5 Å². The molecule has 0 bridgehead atoms. The average Bonchev–Trinajstić information content (AvgIpc) is 3.34. The molecule has 3 aromatic heterocycles. The smallest absolute Gasteiger partial charge is 0.220 e. The highest BCUT2D eigenvalue weighted by Crippen LogP contribution is 2.28. The number of carbonyl (C=O) groups is 1. The molecule has 3 aromatic rings. The number of hydrogen-bond acceptors (Lipinski definition) is 5. The average molecular weight is 435 g/mol. The Labute approximate surface area is 190 Å². The van der Waals surface area contributed by atoms with Crippen LogP contribution in [0.5, 0.6) is 0 Å². The van der Waals surface area contributed by atoms with Gasteiger partial charge in [0, 0.05) is 54.6 Å². The van der Waals surface area contributed by atoms with Crippen molar-refractivity contribution in [2.24, 2.45) is 0 Å². The van der Waals surface area contributed by atoms with E-state index in [1.165, 1.54) is 0 Å². The Morgan fingerprint density at radius 3 is 2.78 bits per heavy atom. The Morgan fingerprint density at radius 2 is 2.06 bits per heavy atom. The molecule has 4 heterocycles. The van der Waals surface area contributed by atoms with Crippen molar-refractivity contribution in [1.29, 1.82) is 0 Å². The van der Waals surface area contributed by atoms with E-state index in [0.29, 0.717) is 18.8 Å². The second-order valence-corrected chi connectivity index (χ2v) is 9.94. The summed E-state index contributed by atoms with van der Waals surface area (Å²) in [4.78, 5) is 24.0. The Hall–Kier alpha value is -2.80. The van der Waals surface area contributed by atoms with Gasteiger partial charge in [0.2, 0.25) is 5.91 Å². The van der Waals surface area contributed by atoms with Crippen LogP contribution in [0.2, 0.25) is 0 Å². The van der Waals surface area contributed by atoms with Crippen LogP contribution in [-0.4, -0.2) is 49.0 Å². The maximum absolute atomic E-state index is 12.3. The summed E-state index contributed by atoms with van der Waals surface area (Å²) in [5, 5.41) is 7.97. The standard InChI is InChI=1S/C25H34N6O/c1-17-21(9-10-24(32)28-25(3,4)5)18(2)31-23(27-17)14-22(29-31)19-11-13-30(15-19)16-20-8-6-7-12-26-20/h6-8,12,14,19H,9-11,13,15-16H2,1-5H3,(H,28,32)/t19-/m1/s1. The van der Waals surface area contributed by atoms with Gasteiger partial charge in [0.1, 0.15) is 0 Å². The molecule has 1 atom stereocenters. The lowest BCUT2D eigenvalue weighted by molar-refractivity contribution is -0.122. The van der Waals surface area contributed by atoms with Gasteiger partial charge in [-0.1, -0.05) is 6.07 Å². The zero-order valence-electron chi connectivity index (χ0n) is 19.9. The lowest BCUT2D eigenvalue weighted by Gasteiger charge is -2.20. The largest absolute Gasteiger partial charge is 0.351 e. The van der Waals surface area contributed by atoms with Crippen LogP contribution < -0.4 is 5.32 Å². The lowest BCUT2D eigenvalue weighted by atomic mass is 10.0. The van der Waals surface area contributed by atoms with Gasteiger partial charge >= 0.3 is 0 Å². The topological polar surface area (TPSA) is 75.4 Å². The summed E-state index contributed by atoms with van der Waals surface area (Å²) in [6.07, 6.45) is 4.06. The second kappa shape index (κ2) is 8.98. The molecule has 1 N–H and O–H groups in total. The van der Waals surface area contributed by atoms with Crippen molar-refractivity contribution in [3.63, 3.8) is 0 Å². The predicted octanol–water partition coefficient (Wildman–Crippen LogP) is 3.58. The highest BCUT2D eigenvalue weighted by molar-refractivity contribution is 5.77. The number of amides is 1. The Bertz CT molecular complexity index is 1100. The van der Waals surface area contributed by atoms with Crippen LogP contribution in [0, 0.1) is 13.8 Å². The molecule has 1 aliphatic rings. The molecular weight excluding hydrogens is 400 g/mol. The normalized spacial score (nSPS) is 17.2. The number of hydrogen-bond donors (Lipinski definition) is 1. The molecule has 0 aromatic carbocycles. The van der Waals surface area contributed by atoms with Crippen LogP contribution in [0.4, 0.5) is 0 Å². The Morgan fingerprint density at radius 1 is 1.25 bits per heavy atom. The summed E-state index contributed by atoms with van der Waals surface area (Å²) in [6.45, 7) is 13.0. The molecule has 32 heavy (non-hydrogen) atoms. The molecule has 0 aliphatic carbocycles. The summed E-state index contributed by atoms with van der Waals surface area (Å²) in [7, 11) is 0. The first-order chi connectivity index (χ1) is 15.2. The molecule has 7 nitrogen and oxygen atoms in total. The van der Waals surface area contributed by atoms with Crippen LogP contribution in [0.15, 0.2) is 30.5 Å². The van der Waals surface area contributed by atoms with Crippen LogP contribution in [-0.2, 0) is 17.8 Å². The van der Waals surface area contributed by atoms with Crippen molar-refractivity contribution < 1.29 is 4.79 Å². The fourth-order valence-corrected chi connectivity index (χ4v) is 4.56. The third kappa shape index (κ3) is 5.15. The third-order valence-electron chi connectivity index (χ3n) is 6.10. The number of pyridine rings is 1. The zero-order chi connectivity index (χ0) is 22.9. The number of rotatable bonds is 6. The van der Waals surface area contributed by atoms with Crippen molar-refractivity contribution in [3.8, 4) is 0 Å². The summed E-state index contributed by atoms with van der Waals surface area (Å²) in [6, 6.07) is 8.21. The summed E-state index contributed by atoms with van der Waals surface area (Å²) >= 11 is 0. The number of aryl methyl sites for hydroxylation is 2. The fourth-order valence-electron chi connectivity index (χ4n) is 4.56. The highest BCUT2D eigenvalue weighted by atomic mass is 16.1. The summed E-state index contributed by atoms with van der Waals surface area (Å²) in [5.41, 5.74) is 6.05. The molecule has 1 amide bonds. The monoisotopic (exact) mass is 434 g/mol. The van der Waals surface area contributed by atoms with Crippen molar-refractivity contribution in [2.75, 3.05) is 13.1 Å². The highest BCUT2D eigenvalue weighted by Gasteiger charge is 2.27. The van der Waals surface area contributed by atoms with Crippen LogP contribution in [0.1, 0.15) is 67.9 Å². The van der Waals surface area contributed by atoms with Gasteiger partial charge in [0.15, 0.2) is 5.65 Å². The van der Waals surface area contributed by atoms with E-state index in [2.05, 4.69) is 34.3 Å². The maximum Gasteiger partial charge on any atom is 0.220 e. The molecule has 0 saturated carbocycles. The molecule has 0 unspecified atom stereocenters. The minimum absolute atomic E-state index is 0.0662. The Kier molecular flexibility index (Phi) is 6.29. The molecule has 170 valence electrons. The van der Waals surface area contributed by atoms with Crippen molar-refractivity contribution in [1.82, 2.24) is 29.8 Å². The van der Waals surface area contributed by atoms with Crippen molar-refractivity contribution >= 4 is 11.6 Å². The number of carbonyl (C=O) groups excluding carboxylic acids is 1. The van der Waals surface area contributed by atoms with Gasteiger partial charge in [-0.3, -0.25) is 14.7 Å². The van der Waals surface area contributed by atoms with E-state index in [1.54, 1.807) is 0 Å². The first-order valence-electron chi connectivity index (χ1n) is 11.5. The van der Waals surface area contributed by atoms with E-state index in [-0.39, 0.29) is 11.4 Å². The van der Waals surface area contributed by atoms with Gasteiger partial charge in [-0.05, 0) is 71.7 Å². The van der Waals surface area contributed by atoms with Gasteiger partial charge in [-0.25, -0.2) is 9.50 Å². The van der Waals surface area contributed by atoms with E-state index in [0.717, 1.165) is 60.0 Å². The number of fused-ring (bicyclic) bond motifs is 1.